The Morgan fingerprint density at radius 1 is 1.06 bits per heavy atom. The number of carbonyl (C=O) groups is 1. The zero-order valence-corrected chi connectivity index (χ0v) is 17.8. The summed E-state index contributed by atoms with van der Waals surface area (Å²) >= 11 is 5.63. The monoisotopic (exact) mass is 499 g/mol. The molecule has 0 atom stereocenters. The Bertz CT molecular complexity index is 1320. The maximum absolute atomic E-state index is 13.3. The van der Waals surface area contributed by atoms with Gasteiger partial charge in [0, 0.05) is 12.3 Å². The fourth-order valence-electron chi connectivity index (χ4n) is 3.19. The summed E-state index contributed by atoms with van der Waals surface area (Å²) in [5, 5.41) is 9.31. The smallest absolute Gasteiger partial charge is 0.292 e. The van der Waals surface area contributed by atoms with E-state index in [9.17, 15) is 26.7 Å². The number of nitrogens with one attached hydrogen (secondary N) is 1. The van der Waals surface area contributed by atoms with E-state index in [0.29, 0.717) is 10.2 Å². The number of nitrogens with zero attached hydrogens (tertiary/aromatic N) is 4. The van der Waals surface area contributed by atoms with Gasteiger partial charge >= 0.3 is 0 Å². The van der Waals surface area contributed by atoms with E-state index >= 15 is 0 Å². The van der Waals surface area contributed by atoms with Gasteiger partial charge in [-0.2, -0.15) is 10.2 Å². The first-order chi connectivity index (χ1) is 16.2. The minimum atomic E-state index is -3.15. The maximum atomic E-state index is 13.3. The quantitative estimate of drug-likeness (QED) is 0.316. The van der Waals surface area contributed by atoms with Crippen molar-refractivity contribution in [1.82, 2.24) is 19.6 Å². The summed E-state index contributed by atoms with van der Waals surface area (Å²) in [6.45, 7) is -0.167. The number of carbonyl (C=O) groups excluding carboxylic acids is 1. The van der Waals surface area contributed by atoms with Crippen molar-refractivity contribution in [2.45, 2.75) is 25.9 Å². The Morgan fingerprint density at radius 2 is 1.85 bits per heavy atom. The second kappa shape index (κ2) is 9.67. The van der Waals surface area contributed by atoms with Gasteiger partial charge in [0.25, 0.3) is 18.8 Å². The highest BCUT2D eigenvalue weighted by atomic mass is 35.5. The van der Waals surface area contributed by atoms with Crippen molar-refractivity contribution in [2.24, 2.45) is 0 Å². The van der Waals surface area contributed by atoms with Gasteiger partial charge in [-0.1, -0.05) is 23.7 Å². The largest absolute Gasteiger partial charge is 0.454 e. The number of hydrogen-bond acceptors (Lipinski definition) is 4. The van der Waals surface area contributed by atoms with Crippen LogP contribution in [0.3, 0.4) is 0 Å². The van der Waals surface area contributed by atoms with Crippen LogP contribution in [-0.4, -0.2) is 25.5 Å². The molecular formula is C21H15ClF5N5O2. The molecule has 34 heavy (non-hydrogen) atoms. The molecule has 0 aliphatic carbocycles. The molecule has 3 aromatic heterocycles. The number of anilines is 1. The summed E-state index contributed by atoms with van der Waals surface area (Å²) in [6, 6.07) is 10.1. The molecule has 0 unspecified atom stereocenters. The normalized spacial score (nSPS) is 11.5. The Morgan fingerprint density at radius 3 is 2.56 bits per heavy atom. The van der Waals surface area contributed by atoms with Crippen LogP contribution >= 0.6 is 11.6 Å². The molecule has 1 aromatic carbocycles. The zero-order valence-electron chi connectivity index (χ0n) is 17.1. The fourth-order valence-corrected chi connectivity index (χ4v) is 3.49. The van der Waals surface area contributed by atoms with Crippen molar-refractivity contribution in [1.29, 1.82) is 0 Å². The molecule has 178 valence electrons. The molecule has 4 aromatic rings. The summed E-state index contributed by atoms with van der Waals surface area (Å²) in [7, 11) is 0. The van der Waals surface area contributed by atoms with Crippen molar-refractivity contribution in [2.75, 3.05) is 5.32 Å². The molecule has 4 rings (SSSR count). The van der Waals surface area contributed by atoms with E-state index in [2.05, 4.69) is 15.5 Å². The van der Waals surface area contributed by atoms with Gasteiger partial charge in [-0.25, -0.2) is 22.0 Å². The minimum Gasteiger partial charge on any atom is -0.454 e. The van der Waals surface area contributed by atoms with Crippen LogP contribution in [0.15, 0.2) is 53.1 Å². The van der Waals surface area contributed by atoms with Gasteiger partial charge in [-0.15, -0.1) is 0 Å². The van der Waals surface area contributed by atoms with Crippen molar-refractivity contribution >= 4 is 23.3 Å². The summed E-state index contributed by atoms with van der Waals surface area (Å²) in [5.74, 6) is -1.01. The Balaban J connectivity index is 1.43. The van der Waals surface area contributed by atoms with Gasteiger partial charge in [-0.05, 0) is 29.8 Å². The molecule has 0 aliphatic heterocycles. The van der Waals surface area contributed by atoms with Crippen LogP contribution in [0.5, 0.6) is 0 Å². The molecular weight excluding hydrogens is 485 g/mol. The van der Waals surface area contributed by atoms with Crippen LogP contribution < -0.4 is 5.32 Å². The van der Waals surface area contributed by atoms with Crippen molar-refractivity contribution in [3.63, 3.8) is 0 Å². The Hall–Kier alpha value is -3.67. The second-order valence-electron chi connectivity index (χ2n) is 7.09. The predicted molar refractivity (Wildman–Crippen MR) is 111 cm³/mol. The van der Waals surface area contributed by atoms with E-state index in [1.165, 1.54) is 35.0 Å². The van der Waals surface area contributed by atoms with E-state index in [0.717, 1.165) is 0 Å². The highest BCUT2D eigenvalue weighted by molar-refractivity contribution is 6.32. The lowest BCUT2D eigenvalue weighted by Gasteiger charge is -2.05. The number of amides is 1. The average Bonchev–Trinajstić information content (AvgIpc) is 3.48. The van der Waals surface area contributed by atoms with E-state index in [1.54, 1.807) is 18.3 Å². The first kappa shape index (κ1) is 23.5. The van der Waals surface area contributed by atoms with E-state index in [4.69, 9.17) is 16.0 Å². The minimum absolute atomic E-state index is 0.0173. The third-order valence-electron chi connectivity index (χ3n) is 4.68. The number of alkyl halides is 4. The van der Waals surface area contributed by atoms with Crippen molar-refractivity contribution in [3.8, 4) is 0 Å². The molecule has 1 N–H and O–H groups in total. The third-order valence-corrected chi connectivity index (χ3v) is 5.06. The van der Waals surface area contributed by atoms with Crippen LogP contribution in [0.25, 0.3) is 0 Å². The first-order valence-corrected chi connectivity index (χ1v) is 10.1. The summed E-state index contributed by atoms with van der Waals surface area (Å²) in [5.41, 5.74) is -1.16. The van der Waals surface area contributed by atoms with Crippen LogP contribution in [0, 0.1) is 5.82 Å². The molecule has 3 heterocycles. The van der Waals surface area contributed by atoms with Crippen LogP contribution in [0.1, 0.15) is 46.1 Å². The third kappa shape index (κ3) is 5.11. The number of hydrogen-bond donors (Lipinski definition) is 1. The number of rotatable bonds is 8. The highest BCUT2D eigenvalue weighted by Gasteiger charge is 2.28. The molecule has 0 saturated carbocycles. The molecule has 0 aliphatic rings. The summed E-state index contributed by atoms with van der Waals surface area (Å²) in [6.07, 6.45) is -4.69. The van der Waals surface area contributed by atoms with Crippen LogP contribution in [0.4, 0.5) is 27.8 Å². The van der Waals surface area contributed by atoms with Gasteiger partial charge in [0.1, 0.15) is 23.0 Å². The number of benzene rings is 1. The van der Waals surface area contributed by atoms with Crippen molar-refractivity contribution in [3.05, 3.63) is 88.0 Å². The SMILES string of the molecule is O=C(Nc1ccn(Cc2cccc(F)c2)n1)c1ccc(Cn2nc(C(F)F)c(Cl)c2C(F)F)o1. The molecule has 1 amide bonds. The first-order valence-electron chi connectivity index (χ1n) is 9.71. The topological polar surface area (TPSA) is 77.9 Å². The molecule has 13 heteroatoms. The molecule has 0 bridgehead atoms. The molecule has 0 spiro atoms. The standard InChI is InChI=1S/C21H15ClF5N5O2/c22-16-17(19(24)25)30-32(18(16)20(26)27)10-13-4-5-14(34-13)21(33)28-15-6-7-31(29-15)9-11-2-1-3-12(23)8-11/h1-8,19-20H,9-10H2,(H,28,29,33). The van der Waals surface area contributed by atoms with Gasteiger partial charge in [-0.3, -0.25) is 14.2 Å². The Kier molecular flexibility index (Phi) is 6.68. The lowest BCUT2D eigenvalue weighted by molar-refractivity contribution is 0.0993. The van der Waals surface area contributed by atoms with Gasteiger partial charge in [0.15, 0.2) is 11.6 Å². The van der Waals surface area contributed by atoms with Gasteiger partial charge in [0.05, 0.1) is 18.1 Å². The molecule has 0 fully saturated rings. The summed E-state index contributed by atoms with van der Waals surface area (Å²) in [4.78, 5) is 12.4. The van der Waals surface area contributed by atoms with E-state index in [1.807, 2.05) is 0 Å². The van der Waals surface area contributed by atoms with Gasteiger partial charge < -0.3 is 9.73 Å². The highest BCUT2D eigenvalue weighted by Crippen LogP contribution is 2.35. The van der Waals surface area contributed by atoms with E-state index in [-0.39, 0.29) is 29.7 Å². The van der Waals surface area contributed by atoms with E-state index < -0.39 is 41.7 Å². The lowest BCUT2D eigenvalue weighted by atomic mass is 10.2. The number of furan rings is 1. The van der Waals surface area contributed by atoms with Crippen LogP contribution in [0.2, 0.25) is 5.02 Å². The summed E-state index contributed by atoms with van der Waals surface area (Å²) < 4.78 is 73.3. The molecule has 7 nitrogen and oxygen atoms in total. The fraction of sp³-hybridized carbons (Fsp3) is 0.190. The number of halogens is 6. The van der Waals surface area contributed by atoms with Crippen molar-refractivity contribution < 1.29 is 31.2 Å². The number of aromatic nitrogens is 4. The molecule has 0 saturated heterocycles. The molecule has 0 radical (unpaired) electrons. The maximum Gasteiger partial charge on any atom is 0.292 e. The Labute approximate surface area is 193 Å². The van der Waals surface area contributed by atoms with Gasteiger partial charge in [0.2, 0.25) is 0 Å². The van der Waals surface area contributed by atoms with Crippen LogP contribution in [-0.2, 0) is 13.1 Å². The average molecular weight is 500 g/mol. The second-order valence-corrected chi connectivity index (χ2v) is 7.47. The zero-order chi connectivity index (χ0) is 24.4. The lowest BCUT2D eigenvalue weighted by Crippen LogP contribution is -2.12. The predicted octanol–water partition coefficient (Wildman–Crippen LogP) is 5.69.